The first kappa shape index (κ1) is 11.4. The summed E-state index contributed by atoms with van der Waals surface area (Å²) in [6.07, 6.45) is 4.64. The summed E-state index contributed by atoms with van der Waals surface area (Å²) in [4.78, 5) is 10.8. The van der Waals surface area contributed by atoms with Crippen LogP contribution in [0.1, 0.15) is 25.7 Å². The van der Waals surface area contributed by atoms with Gasteiger partial charge in [0.15, 0.2) is 5.11 Å². The van der Waals surface area contributed by atoms with Crippen molar-refractivity contribution in [3.8, 4) is 0 Å². The number of carbonyl (C=O) groups excluding carboxylic acids is 1. The molecule has 2 aliphatic carbocycles. The highest BCUT2D eigenvalue weighted by atomic mass is 32.1. The highest BCUT2D eigenvalue weighted by Gasteiger charge is 2.39. The van der Waals surface area contributed by atoms with Crippen molar-refractivity contribution in [2.24, 2.45) is 11.8 Å². The lowest BCUT2D eigenvalue weighted by Crippen LogP contribution is -2.50. The normalized spacial score (nSPS) is 30.9. The molecule has 0 aromatic rings. The first-order valence-electron chi connectivity index (χ1n) is 5.59. The summed E-state index contributed by atoms with van der Waals surface area (Å²) in [5.74, 6) is 1.63. The Morgan fingerprint density at radius 2 is 2.12 bits per heavy atom. The summed E-state index contributed by atoms with van der Waals surface area (Å²) < 4.78 is 4.42. The summed E-state index contributed by atoms with van der Waals surface area (Å²) in [7, 11) is 1.31. The van der Waals surface area contributed by atoms with Gasteiger partial charge >= 0.3 is 6.09 Å². The van der Waals surface area contributed by atoms with Crippen molar-refractivity contribution in [1.29, 1.82) is 0 Å². The van der Waals surface area contributed by atoms with Gasteiger partial charge in [-0.1, -0.05) is 6.42 Å². The Morgan fingerprint density at radius 3 is 2.69 bits per heavy atom. The van der Waals surface area contributed by atoms with E-state index >= 15 is 0 Å². The van der Waals surface area contributed by atoms with E-state index in [2.05, 4.69) is 20.9 Å². The van der Waals surface area contributed by atoms with Crippen molar-refractivity contribution in [1.82, 2.24) is 16.2 Å². The lowest BCUT2D eigenvalue weighted by molar-refractivity contribution is 0.168. The molecule has 0 spiro atoms. The number of carbonyl (C=O) groups is 1. The molecule has 0 aromatic carbocycles. The van der Waals surface area contributed by atoms with Crippen molar-refractivity contribution >= 4 is 23.4 Å². The van der Waals surface area contributed by atoms with Gasteiger partial charge in [0.1, 0.15) is 0 Å². The van der Waals surface area contributed by atoms with Crippen LogP contribution in [0.2, 0.25) is 0 Å². The highest BCUT2D eigenvalue weighted by molar-refractivity contribution is 7.80. The molecule has 1 amide bonds. The van der Waals surface area contributed by atoms with Crippen LogP contribution >= 0.6 is 12.2 Å². The number of methoxy groups -OCH3 is 1. The van der Waals surface area contributed by atoms with Crippen LogP contribution in [0.3, 0.4) is 0 Å². The van der Waals surface area contributed by atoms with Gasteiger partial charge in [0, 0.05) is 6.04 Å². The molecule has 2 bridgehead atoms. The van der Waals surface area contributed by atoms with Crippen LogP contribution in [0.4, 0.5) is 4.79 Å². The van der Waals surface area contributed by atoms with Crippen LogP contribution in [0.25, 0.3) is 0 Å². The second-order valence-electron chi connectivity index (χ2n) is 4.50. The Bertz CT molecular complexity index is 298. The average Bonchev–Trinajstić information content (AvgIpc) is 2.87. The monoisotopic (exact) mass is 243 g/mol. The van der Waals surface area contributed by atoms with Gasteiger partial charge in [-0.25, -0.2) is 10.2 Å². The van der Waals surface area contributed by atoms with Gasteiger partial charge in [-0.3, -0.25) is 5.43 Å². The number of nitrogens with one attached hydrogen (secondary N) is 3. The number of rotatable bonds is 1. The maximum atomic E-state index is 10.8. The SMILES string of the molecule is COC(=O)NNC(=S)N[C@@H]1C[C@H]2CC[C@H]1C2. The van der Waals surface area contributed by atoms with Gasteiger partial charge in [-0.15, -0.1) is 0 Å². The second kappa shape index (κ2) is 4.86. The predicted octanol–water partition coefficient (Wildman–Crippen LogP) is 0.910. The van der Waals surface area contributed by atoms with E-state index in [0.29, 0.717) is 11.2 Å². The van der Waals surface area contributed by atoms with E-state index in [4.69, 9.17) is 12.2 Å². The highest BCUT2D eigenvalue weighted by Crippen LogP contribution is 2.44. The summed E-state index contributed by atoms with van der Waals surface area (Å²) >= 11 is 5.08. The molecule has 2 fully saturated rings. The molecular formula is C10H17N3O2S. The summed E-state index contributed by atoms with van der Waals surface area (Å²) in [5, 5.41) is 3.70. The third-order valence-corrected chi connectivity index (χ3v) is 3.74. The quantitative estimate of drug-likeness (QED) is 0.472. The molecule has 90 valence electrons. The van der Waals surface area contributed by atoms with Crippen LogP contribution in [0.5, 0.6) is 0 Å². The van der Waals surface area contributed by atoms with E-state index in [-0.39, 0.29) is 0 Å². The van der Waals surface area contributed by atoms with Crippen molar-refractivity contribution < 1.29 is 9.53 Å². The molecule has 2 aliphatic rings. The Hall–Kier alpha value is -1.04. The van der Waals surface area contributed by atoms with Gasteiger partial charge in [-0.2, -0.15) is 0 Å². The Kier molecular flexibility index (Phi) is 3.48. The molecule has 0 aliphatic heterocycles. The molecule has 0 unspecified atom stereocenters. The maximum absolute atomic E-state index is 10.8. The first-order valence-corrected chi connectivity index (χ1v) is 6.00. The second-order valence-corrected chi connectivity index (χ2v) is 4.90. The average molecular weight is 243 g/mol. The fourth-order valence-corrected chi connectivity index (χ4v) is 2.99. The van der Waals surface area contributed by atoms with Crippen LogP contribution in [0.15, 0.2) is 0 Å². The molecular weight excluding hydrogens is 226 g/mol. The minimum Gasteiger partial charge on any atom is -0.452 e. The van der Waals surface area contributed by atoms with Gasteiger partial charge in [-0.05, 0) is 43.3 Å². The van der Waals surface area contributed by atoms with Crippen molar-refractivity contribution in [2.75, 3.05) is 7.11 Å². The zero-order chi connectivity index (χ0) is 11.5. The van der Waals surface area contributed by atoms with Gasteiger partial charge in [0.25, 0.3) is 0 Å². The summed E-state index contributed by atoms with van der Waals surface area (Å²) in [5.41, 5.74) is 4.95. The number of ether oxygens (including phenoxy) is 1. The van der Waals surface area contributed by atoms with Crippen LogP contribution < -0.4 is 16.2 Å². The lowest BCUT2D eigenvalue weighted by atomic mass is 9.96. The number of hydrazine groups is 1. The topological polar surface area (TPSA) is 62.4 Å². The van der Waals surface area contributed by atoms with Crippen LogP contribution in [0, 0.1) is 11.8 Å². The Labute approximate surface area is 100 Å². The molecule has 0 aromatic heterocycles. The Balaban J connectivity index is 1.69. The minimum absolute atomic E-state index is 0.461. The van der Waals surface area contributed by atoms with E-state index in [9.17, 15) is 4.79 Å². The van der Waals surface area contributed by atoms with E-state index in [1.807, 2.05) is 0 Å². The lowest BCUT2D eigenvalue weighted by Gasteiger charge is -2.24. The number of hydrogen-bond donors (Lipinski definition) is 3. The van der Waals surface area contributed by atoms with E-state index in [1.165, 1.54) is 32.8 Å². The van der Waals surface area contributed by atoms with Crippen LogP contribution in [-0.2, 0) is 4.74 Å². The smallest absolute Gasteiger partial charge is 0.425 e. The molecule has 3 atom stereocenters. The molecule has 6 heteroatoms. The fraction of sp³-hybridized carbons (Fsp3) is 0.800. The number of hydrogen-bond acceptors (Lipinski definition) is 3. The van der Waals surface area contributed by atoms with Gasteiger partial charge < -0.3 is 10.1 Å². The van der Waals surface area contributed by atoms with Gasteiger partial charge in [0.2, 0.25) is 0 Å². The van der Waals surface area contributed by atoms with Crippen molar-refractivity contribution in [3.05, 3.63) is 0 Å². The van der Waals surface area contributed by atoms with Crippen molar-refractivity contribution in [3.63, 3.8) is 0 Å². The van der Waals surface area contributed by atoms with Crippen LogP contribution in [-0.4, -0.2) is 24.4 Å². The fourth-order valence-electron chi connectivity index (χ4n) is 2.78. The molecule has 0 radical (unpaired) electrons. The number of thiocarbonyl (C=S) groups is 1. The standard InChI is InChI=1S/C10H17N3O2S/c1-15-10(14)13-12-9(16)11-8-5-6-2-3-7(8)4-6/h6-8H,2-5H2,1H3,(H,13,14)(H2,11,12,16)/t6-,7-,8+/m0/s1. The molecule has 16 heavy (non-hydrogen) atoms. The van der Waals surface area contributed by atoms with Crippen molar-refractivity contribution in [2.45, 2.75) is 31.7 Å². The molecule has 2 saturated carbocycles. The maximum Gasteiger partial charge on any atom is 0.425 e. The van der Waals surface area contributed by atoms with E-state index in [0.717, 1.165) is 11.8 Å². The Morgan fingerprint density at radius 1 is 1.31 bits per heavy atom. The largest absolute Gasteiger partial charge is 0.452 e. The first-order chi connectivity index (χ1) is 7.69. The molecule has 3 N–H and O–H groups in total. The number of amides is 1. The molecule has 2 rings (SSSR count). The third kappa shape index (κ3) is 2.55. The third-order valence-electron chi connectivity index (χ3n) is 3.52. The number of fused-ring (bicyclic) bond motifs is 2. The zero-order valence-electron chi connectivity index (χ0n) is 9.29. The predicted molar refractivity (Wildman–Crippen MR) is 63.6 cm³/mol. The minimum atomic E-state index is -0.544. The molecule has 0 heterocycles. The van der Waals surface area contributed by atoms with Gasteiger partial charge in [0.05, 0.1) is 7.11 Å². The van der Waals surface area contributed by atoms with E-state index in [1.54, 1.807) is 0 Å². The molecule has 5 nitrogen and oxygen atoms in total. The molecule has 0 saturated heterocycles. The zero-order valence-corrected chi connectivity index (χ0v) is 10.1. The summed E-state index contributed by atoms with van der Waals surface area (Å²) in [6, 6.07) is 0.471. The van der Waals surface area contributed by atoms with E-state index < -0.39 is 6.09 Å². The summed E-state index contributed by atoms with van der Waals surface area (Å²) in [6.45, 7) is 0.